The summed E-state index contributed by atoms with van der Waals surface area (Å²) in [5, 5.41) is 8.63. The molecule has 1 aliphatic rings. The van der Waals surface area contributed by atoms with Crippen LogP contribution in [0.15, 0.2) is 47.8 Å². The maximum absolute atomic E-state index is 12.8. The van der Waals surface area contributed by atoms with E-state index in [1.807, 2.05) is 47.6 Å². The Hall–Kier alpha value is -3.48. The van der Waals surface area contributed by atoms with Gasteiger partial charge in [-0.05, 0) is 55.3 Å². The molecule has 1 fully saturated rings. The van der Waals surface area contributed by atoms with Crippen molar-refractivity contribution in [1.82, 2.24) is 9.29 Å². The number of carbonyl (C=O) groups is 2. The van der Waals surface area contributed by atoms with E-state index in [9.17, 15) is 13.8 Å². The summed E-state index contributed by atoms with van der Waals surface area (Å²) in [5.41, 5.74) is 8.32. The Kier molecular flexibility index (Phi) is 8.97. The summed E-state index contributed by atoms with van der Waals surface area (Å²) < 4.78 is 20.1. The van der Waals surface area contributed by atoms with Gasteiger partial charge in [0, 0.05) is 55.4 Å². The summed E-state index contributed by atoms with van der Waals surface area (Å²) in [6.07, 6.45) is 1.62. The van der Waals surface area contributed by atoms with Crippen LogP contribution in [0.1, 0.15) is 44.6 Å². The number of nitrogens with zero attached hydrogens (tertiary/aromatic N) is 3. The molecule has 2 heterocycles. The number of hydrogen-bond donors (Lipinski definition) is 3. The largest absolute Gasteiger partial charge is 0.495 e. The molecule has 4 rings (SSSR count). The molecule has 0 bridgehead atoms. The Labute approximate surface area is 228 Å². The first-order chi connectivity index (χ1) is 18.2. The molecule has 0 spiro atoms. The summed E-state index contributed by atoms with van der Waals surface area (Å²) in [7, 11) is 4.33. The Balaban J connectivity index is 1.29. The molecule has 12 heteroatoms. The Morgan fingerprint density at radius 3 is 2.53 bits per heavy atom. The van der Waals surface area contributed by atoms with Crippen LogP contribution in [0.3, 0.4) is 0 Å². The smallest absolute Gasteiger partial charge is 0.275 e. The summed E-state index contributed by atoms with van der Waals surface area (Å²) >= 11 is 1.45. The summed E-state index contributed by atoms with van der Waals surface area (Å²) in [4.78, 5) is 31.0. The van der Waals surface area contributed by atoms with Crippen LogP contribution in [0.5, 0.6) is 5.75 Å². The highest BCUT2D eigenvalue weighted by Crippen LogP contribution is 2.32. The van der Waals surface area contributed by atoms with Crippen LogP contribution in [0, 0.1) is 0 Å². The van der Waals surface area contributed by atoms with Crippen LogP contribution in [0.25, 0.3) is 0 Å². The molecule has 1 unspecified atom stereocenters. The van der Waals surface area contributed by atoms with Gasteiger partial charge >= 0.3 is 0 Å². The molecule has 0 radical (unpaired) electrons. The van der Waals surface area contributed by atoms with Gasteiger partial charge in [-0.1, -0.05) is 0 Å². The van der Waals surface area contributed by atoms with Crippen molar-refractivity contribution in [2.75, 3.05) is 55.7 Å². The van der Waals surface area contributed by atoms with Crippen molar-refractivity contribution in [2.45, 2.75) is 18.8 Å². The fraction of sp³-hybridized carbons (Fsp3) is 0.346. The summed E-state index contributed by atoms with van der Waals surface area (Å²) in [6, 6.07) is 12.6. The van der Waals surface area contributed by atoms with Crippen LogP contribution < -0.4 is 26.0 Å². The molecule has 38 heavy (non-hydrogen) atoms. The highest BCUT2D eigenvalue weighted by Gasteiger charge is 2.26. The number of piperidine rings is 1. The molecule has 2 aromatic carbocycles. The van der Waals surface area contributed by atoms with Crippen LogP contribution in [-0.4, -0.2) is 65.5 Å². The number of anilines is 3. The number of ether oxygens (including phenoxy) is 1. The van der Waals surface area contributed by atoms with Gasteiger partial charge in [-0.3, -0.25) is 9.59 Å². The number of nitrogens with one attached hydrogen (secondary N) is 2. The highest BCUT2D eigenvalue weighted by molar-refractivity contribution is 7.82. The van der Waals surface area contributed by atoms with Crippen molar-refractivity contribution in [3.8, 4) is 5.75 Å². The molecular formula is C26H32N6O4S2. The molecule has 0 saturated carbocycles. The van der Waals surface area contributed by atoms with Crippen molar-refractivity contribution >= 4 is 51.2 Å². The van der Waals surface area contributed by atoms with Gasteiger partial charge in [-0.15, -0.1) is 11.3 Å². The molecule has 1 saturated heterocycles. The van der Waals surface area contributed by atoms with E-state index >= 15 is 0 Å². The zero-order valence-corrected chi connectivity index (χ0v) is 23.2. The van der Waals surface area contributed by atoms with Crippen LogP contribution in [0.4, 0.5) is 17.1 Å². The van der Waals surface area contributed by atoms with E-state index in [2.05, 4.69) is 15.6 Å². The third kappa shape index (κ3) is 6.69. The minimum absolute atomic E-state index is 0.203. The zero-order chi connectivity index (χ0) is 27.2. The van der Waals surface area contributed by atoms with Gasteiger partial charge in [0.05, 0.1) is 17.8 Å². The average Bonchev–Trinajstić information content (AvgIpc) is 3.42. The third-order valence-electron chi connectivity index (χ3n) is 6.36. The molecule has 2 amide bonds. The summed E-state index contributed by atoms with van der Waals surface area (Å²) in [6.45, 7) is 1.38. The van der Waals surface area contributed by atoms with E-state index in [1.54, 1.807) is 11.4 Å². The van der Waals surface area contributed by atoms with Gasteiger partial charge in [0.25, 0.3) is 5.91 Å². The molecule has 4 N–H and O–H groups in total. The average molecular weight is 557 g/mol. The number of hydrogen-bond acceptors (Lipinski definition) is 8. The van der Waals surface area contributed by atoms with Gasteiger partial charge < -0.3 is 26.0 Å². The molecule has 1 aliphatic heterocycles. The van der Waals surface area contributed by atoms with Crippen molar-refractivity contribution in [3.05, 3.63) is 64.1 Å². The van der Waals surface area contributed by atoms with E-state index in [4.69, 9.17) is 10.5 Å². The number of thiazole rings is 1. The number of nitrogens with two attached hydrogens (primary N) is 1. The molecule has 1 atom stereocenters. The topological polar surface area (TPSA) is 130 Å². The maximum Gasteiger partial charge on any atom is 0.275 e. The predicted molar refractivity (Wildman–Crippen MR) is 153 cm³/mol. The van der Waals surface area contributed by atoms with E-state index in [1.165, 1.54) is 30.6 Å². The number of benzene rings is 2. The normalized spacial score (nSPS) is 15.0. The fourth-order valence-electron chi connectivity index (χ4n) is 4.14. The Morgan fingerprint density at radius 1 is 1.18 bits per heavy atom. The van der Waals surface area contributed by atoms with E-state index < -0.39 is 22.8 Å². The number of aromatic nitrogens is 1. The number of carbonyl (C=O) groups excluding carboxylic acids is 2. The third-order valence-corrected chi connectivity index (χ3v) is 8.70. The minimum atomic E-state index is -1.14. The summed E-state index contributed by atoms with van der Waals surface area (Å²) in [5.74, 6) is -0.0155. The van der Waals surface area contributed by atoms with Gasteiger partial charge in [-0.2, -0.15) is 0 Å². The second-order valence-corrected chi connectivity index (χ2v) is 11.4. The SMILES string of the molecule is COc1ccc(C(N)=O)cc1NC(=O)c1csc(C2CCN(S(=O)CNc3ccc(N(C)C)cc3)CC2)n1. The molecule has 1 aromatic heterocycles. The Morgan fingerprint density at radius 2 is 1.89 bits per heavy atom. The predicted octanol–water partition coefficient (Wildman–Crippen LogP) is 3.48. The molecular weight excluding hydrogens is 524 g/mol. The monoisotopic (exact) mass is 556 g/mol. The van der Waals surface area contributed by atoms with E-state index in [0.717, 1.165) is 29.2 Å². The van der Waals surface area contributed by atoms with Crippen LogP contribution >= 0.6 is 11.3 Å². The minimum Gasteiger partial charge on any atom is -0.495 e. The van der Waals surface area contributed by atoms with Crippen LogP contribution in [-0.2, 0) is 11.0 Å². The lowest BCUT2D eigenvalue weighted by atomic mass is 9.99. The second kappa shape index (κ2) is 12.4. The molecule has 10 nitrogen and oxygen atoms in total. The number of methoxy groups -OCH3 is 1. The molecule has 202 valence electrons. The molecule has 0 aliphatic carbocycles. The number of rotatable bonds is 10. The van der Waals surface area contributed by atoms with Crippen molar-refractivity contribution in [1.29, 1.82) is 0 Å². The standard InChI is InChI=1S/C26H32N6O4S2/c1-31(2)20-7-5-19(6-8-20)28-16-38(35)32-12-10-17(11-13-32)26-30-22(15-37-26)25(34)29-21-14-18(24(27)33)4-9-23(21)36-3/h4-9,14-15,17,28H,10-13,16H2,1-3H3,(H2,27,33)(H,29,34). The van der Waals surface area contributed by atoms with Gasteiger partial charge in [0.1, 0.15) is 28.3 Å². The van der Waals surface area contributed by atoms with Gasteiger partial charge in [-0.25, -0.2) is 13.5 Å². The first-order valence-corrected chi connectivity index (χ1v) is 14.3. The van der Waals surface area contributed by atoms with Gasteiger partial charge in [0.2, 0.25) is 5.91 Å². The number of amides is 2. The molecule has 3 aromatic rings. The lowest BCUT2D eigenvalue weighted by Crippen LogP contribution is -2.36. The van der Waals surface area contributed by atoms with Crippen molar-refractivity contribution in [2.24, 2.45) is 5.73 Å². The highest BCUT2D eigenvalue weighted by atomic mass is 32.2. The lowest BCUT2D eigenvalue weighted by Gasteiger charge is -2.30. The fourth-order valence-corrected chi connectivity index (χ4v) is 6.21. The Bertz CT molecular complexity index is 1300. The zero-order valence-electron chi connectivity index (χ0n) is 21.6. The first-order valence-electron chi connectivity index (χ1n) is 12.1. The van der Waals surface area contributed by atoms with Crippen molar-refractivity contribution in [3.63, 3.8) is 0 Å². The quantitative estimate of drug-likeness (QED) is 0.349. The lowest BCUT2D eigenvalue weighted by molar-refractivity contribution is 0.0995. The number of primary amides is 1. The van der Waals surface area contributed by atoms with Gasteiger partial charge in [0.15, 0.2) is 0 Å². The second-order valence-electron chi connectivity index (χ2n) is 9.09. The van der Waals surface area contributed by atoms with Crippen molar-refractivity contribution < 1.29 is 18.5 Å². The van der Waals surface area contributed by atoms with E-state index in [-0.39, 0.29) is 11.5 Å². The van der Waals surface area contributed by atoms with E-state index in [0.29, 0.717) is 36.1 Å². The first kappa shape index (κ1) is 27.6. The van der Waals surface area contributed by atoms with Crippen LogP contribution in [0.2, 0.25) is 0 Å². The maximum atomic E-state index is 12.8.